The number of ketones is 2. The Morgan fingerprint density at radius 2 is 1.60 bits per heavy atom. The maximum absolute atomic E-state index is 14.1. The van der Waals surface area contributed by atoms with Gasteiger partial charge >= 0.3 is 6.09 Å². The predicted octanol–water partition coefficient (Wildman–Crippen LogP) is 3.36. The molecular formula is C37H55N5O8. The molecular weight excluding hydrogens is 642 g/mol. The van der Waals surface area contributed by atoms with Crippen LogP contribution in [0.25, 0.3) is 0 Å². The van der Waals surface area contributed by atoms with Crippen LogP contribution in [0.3, 0.4) is 0 Å². The van der Waals surface area contributed by atoms with Gasteiger partial charge in [-0.2, -0.15) is 0 Å². The van der Waals surface area contributed by atoms with Crippen molar-refractivity contribution in [3.8, 4) is 0 Å². The fourth-order valence-corrected chi connectivity index (χ4v) is 6.52. The van der Waals surface area contributed by atoms with E-state index in [0.29, 0.717) is 24.9 Å². The molecule has 0 spiro atoms. The number of Topliss-reactive ketones (excluding diaryl/α,β-unsaturated/α-hetero) is 2. The lowest BCUT2D eigenvalue weighted by molar-refractivity contribution is -0.143. The molecule has 50 heavy (non-hydrogen) atoms. The van der Waals surface area contributed by atoms with Gasteiger partial charge in [0.15, 0.2) is 5.78 Å². The van der Waals surface area contributed by atoms with Crippen molar-refractivity contribution in [1.82, 2.24) is 26.2 Å². The Bertz CT molecular complexity index is 1370. The van der Waals surface area contributed by atoms with Gasteiger partial charge in [0.25, 0.3) is 5.91 Å². The molecule has 5 amide bonds. The first kappa shape index (κ1) is 40.1. The number of ether oxygens (including phenoxy) is 1. The molecule has 2 fully saturated rings. The zero-order valence-corrected chi connectivity index (χ0v) is 30.3. The Hall–Kier alpha value is -4.29. The number of benzene rings is 1. The number of carbonyl (C=O) groups excluding carboxylic acids is 7. The van der Waals surface area contributed by atoms with Gasteiger partial charge in [0, 0.05) is 6.54 Å². The molecule has 1 saturated heterocycles. The Morgan fingerprint density at radius 1 is 0.940 bits per heavy atom. The molecule has 13 heteroatoms. The van der Waals surface area contributed by atoms with Crippen LogP contribution < -0.4 is 21.3 Å². The normalized spacial score (nSPS) is 19.8. The smallest absolute Gasteiger partial charge is 0.407 e. The Kier molecular flexibility index (Phi) is 15.0. The summed E-state index contributed by atoms with van der Waals surface area (Å²) >= 11 is 0. The largest absolute Gasteiger partial charge is 0.449 e. The Labute approximate surface area is 295 Å². The number of likely N-dealkylation sites (tertiary alicyclic amines) is 1. The van der Waals surface area contributed by atoms with E-state index in [-0.39, 0.29) is 42.0 Å². The van der Waals surface area contributed by atoms with Crippen molar-refractivity contribution in [1.29, 1.82) is 0 Å². The lowest BCUT2D eigenvalue weighted by atomic mass is 9.83. The maximum Gasteiger partial charge on any atom is 0.407 e. The summed E-state index contributed by atoms with van der Waals surface area (Å²) in [6.45, 7) is 10.8. The minimum Gasteiger partial charge on any atom is -0.449 e. The predicted molar refractivity (Wildman–Crippen MR) is 186 cm³/mol. The van der Waals surface area contributed by atoms with Crippen molar-refractivity contribution in [2.75, 3.05) is 19.7 Å². The van der Waals surface area contributed by atoms with E-state index >= 15 is 0 Å². The van der Waals surface area contributed by atoms with Gasteiger partial charge in [-0.05, 0) is 55.4 Å². The van der Waals surface area contributed by atoms with Crippen LogP contribution in [-0.2, 0) is 33.5 Å². The molecule has 3 rings (SSSR count). The fourth-order valence-electron chi connectivity index (χ4n) is 6.52. The van der Waals surface area contributed by atoms with Crippen molar-refractivity contribution < 1.29 is 38.3 Å². The van der Waals surface area contributed by atoms with Crippen molar-refractivity contribution in [2.24, 2.45) is 17.3 Å². The number of rotatable bonds is 15. The molecule has 0 radical (unpaired) electrons. The topological polar surface area (TPSA) is 180 Å². The molecule has 5 atom stereocenters. The van der Waals surface area contributed by atoms with Gasteiger partial charge < -0.3 is 30.9 Å². The SMILES string of the molecule is CCC[C@H](NC(=O)C1C[C@@H](C)CN1C(=O)[C@@H](NC(=O)OCC(C)(C)C)C1CCCCC1)C(=O)C(=O)NCC(=O)N[C@H](C(C)=O)c1ccccc1. The average Bonchev–Trinajstić information content (AvgIpc) is 3.48. The highest BCUT2D eigenvalue weighted by atomic mass is 16.5. The van der Waals surface area contributed by atoms with Crippen LogP contribution in [0.5, 0.6) is 0 Å². The number of nitrogens with one attached hydrogen (secondary N) is 4. The molecule has 1 saturated carbocycles. The van der Waals surface area contributed by atoms with E-state index < -0.39 is 60.3 Å². The van der Waals surface area contributed by atoms with Gasteiger partial charge in [-0.15, -0.1) is 0 Å². The molecule has 1 heterocycles. The highest BCUT2D eigenvalue weighted by Crippen LogP contribution is 2.31. The molecule has 1 aromatic rings. The number of amides is 5. The number of hydrogen-bond acceptors (Lipinski definition) is 8. The van der Waals surface area contributed by atoms with Gasteiger partial charge in [-0.25, -0.2) is 4.79 Å². The lowest BCUT2D eigenvalue weighted by Crippen LogP contribution is -2.58. The van der Waals surface area contributed by atoms with Crippen molar-refractivity contribution in [2.45, 2.75) is 117 Å². The standard InChI is InChI=1S/C37H55N5O8/c1-7-14-27(32(45)34(47)38-20-29(44)40-30(24(3)43)25-15-10-8-11-16-25)39-33(46)28-19-23(2)21-42(28)35(48)31(26-17-12-9-13-18-26)41-36(49)50-22-37(4,5)6/h8,10-11,15-16,23,26-28,30-31H,7,9,12-14,17-22H2,1-6H3,(H,38,47)(H,39,46)(H,40,44)(H,41,49)/t23-,27+,28?,30-,31+/m1/s1. The van der Waals surface area contributed by atoms with Gasteiger partial charge in [0.2, 0.25) is 23.5 Å². The zero-order chi connectivity index (χ0) is 37.0. The van der Waals surface area contributed by atoms with E-state index in [4.69, 9.17) is 4.74 Å². The van der Waals surface area contributed by atoms with E-state index in [1.807, 2.05) is 27.7 Å². The highest BCUT2D eigenvalue weighted by molar-refractivity contribution is 6.38. The number of alkyl carbamates (subject to hydrolysis) is 1. The molecule has 2 aliphatic rings. The first-order valence-electron chi connectivity index (χ1n) is 17.8. The van der Waals surface area contributed by atoms with E-state index in [2.05, 4.69) is 21.3 Å². The first-order chi connectivity index (χ1) is 23.6. The van der Waals surface area contributed by atoms with Crippen LogP contribution in [0.4, 0.5) is 4.79 Å². The number of nitrogens with zero attached hydrogens (tertiary/aromatic N) is 1. The van der Waals surface area contributed by atoms with Gasteiger partial charge in [0.1, 0.15) is 18.1 Å². The number of carbonyl (C=O) groups is 7. The molecule has 0 aromatic heterocycles. The third-order valence-electron chi connectivity index (χ3n) is 9.08. The highest BCUT2D eigenvalue weighted by Gasteiger charge is 2.44. The second-order valence-electron chi connectivity index (χ2n) is 14.9. The van der Waals surface area contributed by atoms with Gasteiger partial charge in [-0.1, -0.05) is 90.6 Å². The fraction of sp³-hybridized carbons (Fsp3) is 0.649. The minimum absolute atomic E-state index is 0.0219. The summed E-state index contributed by atoms with van der Waals surface area (Å²) in [4.78, 5) is 93.1. The average molecular weight is 698 g/mol. The molecule has 276 valence electrons. The van der Waals surface area contributed by atoms with Crippen LogP contribution >= 0.6 is 0 Å². The van der Waals surface area contributed by atoms with Gasteiger partial charge in [-0.3, -0.25) is 28.8 Å². The Morgan fingerprint density at radius 3 is 2.20 bits per heavy atom. The van der Waals surface area contributed by atoms with Crippen LogP contribution in [0.1, 0.15) is 105 Å². The third kappa shape index (κ3) is 11.9. The Balaban J connectivity index is 1.67. The minimum atomic E-state index is -1.18. The zero-order valence-electron chi connectivity index (χ0n) is 30.3. The summed E-state index contributed by atoms with van der Waals surface area (Å²) in [6, 6.07) is 4.78. The summed E-state index contributed by atoms with van der Waals surface area (Å²) < 4.78 is 5.43. The first-order valence-corrected chi connectivity index (χ1v) is 17.8. The third-order valence-corrected chi connectivity index (χ3v) is 9.08. The molecule has 1 aliphatic carbocycles. The van der Waals surface area contributed by atoms with E-state index in [9.17, 15) is 33.6 Å². The molecule has 4 N–H and O–H groups in total. The van der Waals surface area contributed by atoms with Crippen LogP contribution in [0, 0.1) is 17.3 Å². The number of hydrogen-bond donors (Lipinski definition) is 4. The molecule has 1 aliphatic heterocycles. The summed E-state index contributed by atoms with van der Waals surface area (Å²) in [6.07, 6.45) is 4.74. The lowest BCUT2D eigenvalue weighted by Gasteiger charge is -2.34. The molecule has 1 unspecified atom stereocenters. The summed E-state index contributed by atoms with van der Waals surface area (Å²) in [7, 11) is 0. The van der Waals surface area contributed by atoms with E-state index in [0.717, 1.165) is 32.1 Å². The molecule has 13 nitrogen and oxygen atoms in total. The monoisotopic (exact) mass is 697 g/mol. The van der Waals surface area contributed by atoms with Crippen LogP contribution in [0.2, 0.25) is 0 Å². The van der Waals surface area contributed by atoms with Crippen molar-refractivity contribution in [3.63, 3.8) is 0 Å². The van der Waals surface area contributed by atoms with Gasteiger partial charge in [0.05, 0.1) is 19.2 Å². The summed E-state index contributed by atoms with van der Waals surface area (Å²) in [5, 5.41) is 10.4. The second-order valence-corrected chi connectivity index (χ2v) is 14.9. The molecule has 1 aromatic carbocycles. The quantitative estimate of drug-likeness (QED) is 0.202. The molecule has 0 bridgehead atoms. The van der Waals surface area contributed by atoms with Crippen LogP contribution in [-0.4, -0.2) is 84.0 Å². The van der Waals surface area contributed by atoms with Crippen molar-refractivity contribution >= 4 is 41.3 Å². The maximum atomic E-state index is 14.1. The van der Waals surface area contributed by atoms with E-state index in [1.54, 1.807) is 37.3 Å². The van der Waals surface area contributed by atoms with Crippen molar-refractivity contribution in [3.05, 3.63) is 35.9 Å². The summed E-state index contributed by atoms with van der Waals surface area (Å²) in [5.74, 6) is -4.00. The van der Waals surface area contributed by atoms with Crippen LogP contribution in [0.15, 0.2) is 30.3 Å². The second kappa shape index (κ2) is 18.6. The summed E-state index contributed by atoms with van der Waals surface area (Å²) in [5.41, 5.74) is 0.322. The van der Waals surface area contributed by atoms with E-state index in [1.165, 1.54) is 11.8 Å².